The van der Waals surface area contributed by atoms with E-state index in [1.165, 1.54) is 16.7 Å². The molecule has 0 saturated heterocycles. The minimum atomic E-state index is -0.383. The number of nitrogens with one attached hydrogen (secondary N) is 2. The molecule has 1 aromatic heterocycles. The van der Waals surface area contributed by atoms with Crippen molar-refractivity contribution in [3.8, 4) is 11.3 Å². The van der Waals surface area contributed by atoms with Crippen LogP contribution in [0.25, 0.3) is 11.3 Å². The molecule has 0 spiro atoms. The molecule has 2 bridgehead atoms. The number of carbonyl (C=O) groups excluding carboxylic acids is 1. The highest BCUT2D eigenvalue weighted by atomic mass is 16.3. The van der Waals surface area contributed by atoms with Crippen LogP contribution in [0.1, 0.15) is 68.5 Å². The summed E-state index contributed by atoms with van der Waals surface area (Å²) in [5.41, 5.74) is 5.39. The highest BCUT2D eigenvalue weighted by Gasteiger charge is 2.50. The summed E-state index contributed by atoms with van der Waals surface area (Å²) >= 11 is 0. The molecule has 2 heterocycles. The van der Waals surface area contributed by atoms with Gasteiger partial charge in [-0.25, -0.2) is 9.78 Å². The van der Waals surface area contributed by atoms with Gasteiger partial charge in [0.05, 0.1) is 30.4 Å². The van der Waals surface area contributed by atoms with Gasteiger partial charge in [-0.05, 0) is 75.0 Å². The molecule has 2 atom stereocenters. The van der Waals surface area contributed by atoms with E-state index in [0.29, 0.717) is 6.42 Å². The van der Waals surface area contributed by atoms with E-state index in [1.807, 2.05) is 43.7 Å². The lowest BCUT2D eigenvalue weighted by atomic mass is 9.64. The Morgan fingerprint density at radius 3 is 2.66 bits per heavy atom. The van der Waals surface area contributed by atoms with Crippen molar-refractivity contribution < 1.29 is 9.90 Å². The maximum absolute atomic E-state index is 12.8. The zero-order valence-electron chi connectivity index (χ0n) is 20.3. The van der Waals surface area contributed by atoms with Crippen LogP contribution in [-0.2, 0) is 0 Å². The quantitative estimate of drug-likeness (QED) is 0.440. The zero-order valence-corrected chi connectivity index (χ0v) is 20.3. The second kappa shape index (κ2) is 8.52. The number of urea groups is 1. The fourth-order valence-corrected chi connectivity index (χ4v) is 6.87. The predicted octanol–water partition coefficient (Wildman–Crippen LogP) is 5.82. The molecule has 0 radical (unpaired) electrons. The van der Waals surface area contributed by atoms with Crippen molar-refractivity contribution in [2.75, 3.05) is 5.32 Å². The maximum atomic E-state index is 12.8. The number of aliphatic hydroxyl groups is 1. The molecule has 2 aromatic carbocycles. The Balaban J connectivity index is 1.14. The van der Waals surface area contributed by atoms with E-state index >= 15 is 0 Å². The highest BCUT2D eigenvalue weighted by Crippen LogP contribution is 2.54. The molecule has 6 nitrogen and oxygen atoms in total. The number of imidazole rings is 1. The van der Waals surface area contributed by atoms with Crippen molar-refractivity contribution in [2.24, 2.45) is 5.41 Å². The first kappa shape index (κ1) is 22.4. The second-order valence-electron chi connectivity index (χ2n) is 11.0. The van der Waals surface area contributed by atoms with Crippen molar-refractivity contribution in [3.05, 3.63) is 72.2 Å². The third-order valence-electron chi connectivity index (χ3n) is 8.97. The van der Waals surface area contributed by atoms with Gasteiger partial charge in [0, 0.05) is 16.8 Å². The number of fused-ring (bicyclic) bond motifs is 7. The molecule has 35 heavy (non-hydrogen) atoms. The van der Waals surface area contributed by atoms with Crippen LogP contribution in [0.3, 0.4) is 0 Å². The van der Waals surface area contributed by atoms with E-state index < -0.39 is 0 Å². The summed E-state index contributed by atoms with van der Waals surface area (Å²) < 4.78 is 2.23. The molecular formula is C29H34N4O2. The molecule has 3 aliphatic carbocycles. The lowest BCUT2D eigenvalue weighted by Gasteiger charge is -2.46. The first-order valence-electron chi connectivity index (χ1n) is 12.9. The van der Waals surface area contributed by atoms with Crippen LogP contribution in [0, 0.1) is 12.3 Å². The standard InChI is InChI=1S/C29H34N4O2/c1-20-7-9-21(10-8-20)31-27(35)32-29-12-4-11-28(13-15-29,14-16-29)26(34)17-24-22-5-2-3-6-23(22)25-18-30-19-33(24)25/h2-3,5-10,18-19,24,26,34H,4,11-17H2,1H3,(H2,31,32,35). The average molecular weight is 471 g/mol. The molecule has 3 N–H and O–H groups in total. The average Bonchev–Trinajstić information content (AvgIpc) is 3.33. The van der Waals surface area contributed by atoms with Crippen LogP contribution >= 0.6 is 0 Å². The third kappa shape index (κ3) is 3.94. The fraction of sp³-hybridized carbons (Fsp3) is 0.448. The van der Waals surface area contributed by atoms with E-state index in [0.717, 1.165) is 56.3 Å². The van der Waals surface area contributed by atoms with Gasteiger partial charge in [0.25, 0.3) is 0 Å². The van der Waals surface area contributed by atoms with Crippen molar-refractivity contribution >= 4 is 11.7 Å². The number of rotatable bonds is 5. The molecule has 3 fully saturated rings. The Morgan fingerprint density at radius 2 is 1.86 bits per heavy atom. The number of hydrogen-bond acceptors (Lipinski definition) is 3. The molecule has 3 aromatic rings. The number of aromatic nitrogens is 2. The van der Waals surface area contributed by atoms with Crippen molar-refractivity contribution in [1.82, 2.24) is 14.9 Å². The van der Waals surface area contributed by atoms with Gasteiger partial charge in [-0.1, -0.05) is 48.4 Å². The number of hydrogen-bond donors (Lipinski definition) is 3. The predicted molar refractivity (Wildman–Crippen MR) is 137 cm³/mol. The summed E-state index contributed by atoms with van der Waals surface area (Å²) in [5.74, 6) is 0. The summed E-state index contributed by atoms with van der Waals surface area (Å²) in [5, 5.41) is 18.0. The van der Waals surface area contributed by atoms with Gasteiger partial charge >= 0.3 is 6.03 Å². The normalized spacial score (nSPS) is 27.5. The number of nitrogens with zero attached hydrogens (tertiary/aromatic N) is 2. The number of aryl methyl sites for hydroxylation is 1. The number of amides is 2. The van der Waals surface area contributed by atoms with Crippen LogP contribution in [0.5, 0.6) is 0 Å². The Morgan fingerprint density at radius 1 is 1.09 bits per heavy atom. The molecular weight excluding hydrogens is 436 g/mol. The van der Waals surface area contributed by atoms with Gasteiger partial charge in [0.2, 0.25) is 0 Å². The van der Waals surface area contributed by atoms with Crippen molar-refractivity contribution in [3.63, 3.8) is 0 Å². The molecule has 3 saturated carbocycles. The van der Waals surface area contributed by atoms with Gasteiger partial charge in [-0.15, -0.1) is 0 Å². The monoisotopic (exact) mass is 470 g/mol. The summed E-state index contributed by atoms with van der Waals surface area (Å²) in [6, 6.07) is 16.4. The Bertz CT molecular complexity index is 1220. The van der Waals surface area contributed by atoms with Crippen LogP contribution < -0.4 is 10.6 Å². The molecule has 2 unspecified atom stereocenters. The summed E-state index contributed by atoms with van der Waals surface area (Å²) in [6.07, 6.45) is 10.9. The summed E-state index contributed by atoms with van der Waals surface area (Å²) in [7, 11) is 0. The number of benzene rings is 2. The number of aliphatic hydroxyl groups excluding tert-OH is 1. The summed E-state index contributed by atoms with van der Waals surface area (Å²) in [4.78, 5) is 17.2. The fourth-order valence-electron chi connectivity index (χ4n) is 6.87. The maximum Gasteiger partial charge on any atom is 0.319 e. The molecule has 182 valence electrons. The highest BCUT2D eigenvalue weighted by molar-refractivity contribution is 5.89. The number of anilines is 1. The molecule has 7 rings (SSSR count). The van der Waals surface area contributed by atoms with Gasteiger partial charge in [-0.3, -0.25) is 0 Å². The minimum Gasteiger partial charge on any atom is -0.392 e. The molecule has 4 aliphatic rings. The van der Waals surface area contributed by atoms with E-state index in [2.05, 4.69) is 44.5 Å². The van der Waals surface area contributed by atoms with E-state index in [-0.39, 0.29) is 29.1 Å². The Hall–Kier alpha value is -3.12. The first-order valence-corrected chi connectivity index (χ1v) is 12.9. The van der Waals surface area contributed by atoms with Crippen LogP contribution in [0.15, 0.2) is 61.1 Å². The van der Waals surface area contributed by atoms with Crippen molar-refractivity contribution in [2.45, 2.75) is 76.0 Å². The van der Waals surface area contributed by atoms with E-state index in [9.17, 15) is 9.90 Å². The second-order valence-corrected chi connectivity index (χ2v) is 11.0. The van der Waals surface area contributed by atoms with Crippen LogP contribution in [0.2, 0.25) is 0 Å². The van der Waals surface area contributed by atoms with E-state index in [4.69, 9.17) is 0 Å². The SMILES string of the molecule is Cc1ccc(NC(=O)NC23CCCC(C(O)CC4c5ccccc5-c5cncn54)(CC2)CC3)cc1. The minimum absolute atomic E-state index is 0.0760. The molecule has 6 heteroatoms. The Kier molecular flexibility index (Phi) is 5.44. The third-order valence-corrected chi connectivity index (χ3v) is 8.97. The van der Waals surface area contributed by atoms with Crippen LogP contribution in [-0.4, -0.2) is 32.3 Å². The van der Waals surface area contributed by atoms with Crippen molar-refractivity contribution in [1.29, 1.82) is 0 Å². The van der Waals surface area contributed by atoms with Crippen LogP contribution in [0.4, 0.5) is 10.5 Å². The first-order chi connectivity index (χ1) is 17.0. The van der Waals surface area contributed by atoms with Gasteiger partial charge < -0.3 is 20.3 Å². The Labute approximate surface area is 206 Å². The zero-order chi connectivity index (χ0) is 24.0. The lowest BCUT2D eigenvalue weighted by molar-refractivity contribution is -0.0237. The van der Waals surface area contributed by atoms with Gasteiger partial charge in [-0.2, -0.15) is 0 Å². The van der Waals surface area contributed by atoms with E-state index in [1.54, 1.807) is 0 Å². The van der Waals surface area contributed by atoms with Gasteiger partial charge in [0.1, 0.15) is 0 Å². The molecule has 2 amide bonds. The topological polar surface area (TPSA) is 79.2 Å². The summed E-state index contributed by atoms with van der Waals surface area (Å²) in [6.45, 7) is 2.04. The smallest absolute Gasteiger partial charge is 0.319 e. The van der Waals surface area contributed by atoms with Gasteiger partial charge in [0.15, 0.2) is 0 Å². The number of carbonyl (C=O) groups is 1. The molecule has 1 aliphatic heterocycles. The lowest BCUT2D eigenvalue weighted by Crippen LogP contribution is -2.53. The largest absolute Gasteiger partial charge is 0.392 e.